The summed E-state index contributed by atoms with van der Waals surface area (Å²) in [6.07, 6.45) is 5.78. The molecule has 0 radical (unpaired) electrons. The van der Waals surface area contributed by atoms with Gasteiger partial charge in [-0.15, -0.1) is 0 Å². The number of aromatic nitrogens is 4. The van der Waals surface area contributed by atoms with Crippen LogP contribution < -0.4 is 0 Å². The monoisotopic (exact) mass is 505 g/mol. The van der Waals surface area contributed by atoms with Crippen LogP contribution in [-0.4, -0.2) is 49.7 Å². The van der Waals surface area contributed by atoms with Crippen LogP contribution in [0.2, 0.25) is 0 Å². The number of imidazole rings is 1. The number of Topliss-reactive ketones (excluding diaryl/α,β-unsaturated/α-hetero) is 1. The molecule has 0 atom stereocenters. The Morgan fingerprint density at radius 3 is 2.47 bits per heavy atom. The predicted octanol–water partition coefficient (Wildman–Crippen LogP) is 5.97. The van der Waals surface area contributed by atoms with E-state index in [-0.39, 0.29) is 11.6 Å². The lowest BCUT2D eigenvalue weighted by Crippen LogP contribution is -2.36. The molecule has 0 amide bonds. The Morgan fingerprint density at radius 2 is 1.74 bits per heavy atom. The summed E-state index contributed by atoms with van der Waals surface area (Å²) in [5, 5.41) is 0. The molecule has 0 aliphatic carbocycles. The first-order valence-electron chi connectivity index (χ1n) is 12.9. The highest BCUT2D eigenvalue weighted by atomic mass is 19.1. The van der Waals surface area contributed by atoms with Gasteiger partial charge >= 0.3 is 0 Å². The van der Waals surface area contributed by atoms with E-state index in [1.807, 2.05) is 43.3 Å². The average molecular weight is 506 g/mol. The molecule has 3 aromatic heterocycles. The molecular formula is C31H28FN5O. The van der Waals surface area contributed by atoms with Crippen LogP contribution in [0.25, 0.3) is 28.3 Å². The maximum atomic E-state index is 13.7. The summed E-state index contributed by atoms with van der Waals surface area (Å²) in [5.74, 6) is 0.968. The van der Waals surface area contributed by atoms with Crippen molar-refractivity contribution in [2.45, 2.75) is 25.7 Å². The van der Waals surface area contributed by atoms with Gasteiger partial charge in [0.2, 0.25) is 0 Å². The van der Waals surface area contributed by atoms with Crippen LogP contribution in [-0.2, 0) is 0 Å². The van der Waals surface area contributed by atoms with Crippen molar-refractivity contribution in [1.82, 2.24) is 24.3 Å². The summed E-state index contributed by atoms with van der Waals surface area (Å²) in [6.45, 7) is 4.09. The number of nitrogens with zero attached hydrogens (tertiary/aromatic N) is 5. The Kier molecular flexibility index (Phi) is 6.52. The second-order valence-corrected chi connectivity index (χ2v) is 9.83. The van der Waals surface area contributed by atoms with E-state index in [1.54, 1.807) is 18.3 Å². The number of rotatable bonds is 6. The van der Waals surface area contributed by atoms with Crippen molar-refractivity contribution in [3.05, 3.63) is 108 Å². The number of ketones is 1. The number of pyridine rings is 1. The smallest absolute Gasteiger partial charge is 0.176 e. The molecular weight excluding hydrogens is 477 g/mol. The molecule has 1 aliphatic rings. The molecule has 1 saturated heterocycles. The Balaban J connectivity index is 1.27. The molecule has 0 unspecified atom stereocenters. The summed E-state index contributed by atoms with van der Waals surface area (Å²) in [6, 6.07) is 22.1. The van der Waals surface area contributed by atoms with Crippen LogP contribution in [0.1, 0.15) is 40.5 Å². The van der Waals surface area contributed by atoms with Gasteiger partial charge in [-0.1, -0.05) is 30.3 Å². The van der Waals surface area contributed by atoms with Crippen molar-refractivity contribution in [3.8, 4) is 22.6 Å². The lowest BCUT2D eigenvalue weighted by atomic mass is 9.90. The van der Waals surface area contributed by atoms with E-state index in [9.17, 15) is 9.18 Å². The van der Waals surface area contributed by atoms with Gasteiger partial charge in [0.25, 0.3) is 0 Å². The fraction of sp³-hybridized carbons (Fsp3) is 0.226. The molecule has 0 bridgehead atoms. The van der Waals surface area contributed by atoms with Gasteiger partial charge in [-0.05, 0) is 86.8 Å². The Bertz CT molecular complexity index is 1590. The van der Waals surface area contributed by atoms with Crippen LogP contribution in [0.15, 0.2) is 85.2 Å². The lowest BCUT2D eigenvalue weighted by Gasteiger charge is -2.31. The minimum Gasteiger partial charge on any atom is -0.298 e. The Hall–Kier alpha value is -4.23. The molecule has 2 aromatic carbocycles. The number of fused-ring (bicyclic) bond motifs is 1. The second-order valence-electron chi connectivity index (χ2n) is 9.83. The van der Waals surface area contributed by atoms with Crippen molar-refractivity contribution in [2.75, 3.05) is 19.6 Å². The number of hydrogen-bond acceptors (Lipinski definition) is 5. The van der Waals surface area contributed by atoms with Gasteiger partial charge < -0.3 is 0 Å². The van der Waals surface area contributed by atoms with E-state index in [1.165, 1.54) is 17.7 Å². The first-order valence-corrected chi connectivity index (χ1v) is 12.9. The first kappa shape index (κ1) is 24.1. The fourth-order valence-electron chi connectivity index (χ4n) is 5.30. The van der Waals surface area contributed by atoms with Gasteiger partial charge in [-0.2, -0.15) is 0 Å². The zero-order chi connectivity index (χ0) is 26.1. The molecule has 6 nitrogen and oxygen atoms in total. The van der Waals surface area contributed by atoms with E-state index < -0.39 is 0 Å². The van der Waals surface area contributed by atoms with Crippen molar-refractivity contribution >= 4 is 11.4 Å². The SMILES string of the molecule is Cc1nccc(-c2c(-c3ccc(F)cc3)nc3cc(C4CCN(CC(=O)c5ccccc5)CC4)ccn23)n1. The van der Waals surface area contributed by atoms with Crippen LogP contribution >= 0.6 is 0 Å². The van der Waals surface area contributed by atoms with Gasteiger partial charge in [0.15, 0.2) is 5.78 Å². The molecule has 0 spiro atoms. The summed E-state index contributed by atoms with van der Waals surface area (Å²) in [4.78, 5) is 28.8. The first-order chi connectivity index (χ1) is 18.5. The second kappa shape index (κ2) is 10.3. The minimum atomic E-state index is -0.281. The number of carbonyl (C=O) groups excluding carboxylic acids is 1. The summed E-state index contributed by atoms with van der Waals surface area (Å²) in [7, 11) is 0. The Labute approximate surface area is 220 Å². The molecule has 0 N–H and O–H groups in total. The highest BCUT2D eigenvalue weighted by Crippen LogP contribution is 2.34. The standard InChI is InChI=1S/C31H28FN5O/c1-21-33-15-11-27(34-21)31-30(24-7-9-26(32)10-8-24)35-29-19-25(14-18-37(29)31)22-12-16-36(17-13-22)20-28(38)23-5-3-2-4-6-23/h2-11,14-15,18-19,22H,12-13,16-17,20H2,1H3. The van der Waals surface area contributed by atoms with E-state index in [4.69, 9.17) is 4.98 Å². The zero-order valence-electron chi connectivity index (χ0n) is 21.2. The predicted molar refractivity (Wildman–Crippen MR) is 146 cm³/mol. The number of benzene rings is 2. The zero-order valence-corrected chi connectivity index (χ0v) is 21.2. The lowest BCUT2D eigenvalue weighted by molar-refractivity contribution is 0.0909. The van der Waals surface area contributed by atoms with Gasteiger partial charge in [-0.3, -0.25) is 14.1 Å². The molecule has 6 rings (SSSR count). The van der Waals surface area contributed by atoms with Gasteiger partial charge in [0.1, 0.15) is 17.3 Å². The minimum absolute atomic E-state index is 0.170. The maximum absolute atomic E-state index is 13.7. The number of piperidine rings is 1. The van der Waals surface area contributed by atoms with Crippen LogP contribution in [0.4, 0.5) is 4.39 Å². The summed E-state index contributed by atoms with van der Waals surface area (Å²) >= 11 is 0. The van der Waals surface area contributed by atoms with Crippen LogP contribution in [0.5, 0.6) is 0 Å². The topological polar surface area (TPSA) is 63.4 Å². The molecule has 5 aromatic rings. The Morgan fingerprint density at radius 1 is 0.974 bits per heavy atom. The third kappa shape index (κ3) is 4.85. The number of carbonyl (C=O) groups is 1. The van der Waals surface area contributed by atoms with Gasteiger partial charge in [0.05, 0.1) is 23.6 Å². The van der Waals surface area contributed by atoms with E-state index in [0.29, 0.717) is 18.3 Å². The van der Waals surface area contributed by atoms with Gasteiger partial charge in [0, 0.05) is 23.5 Å². The third-order valence-corrected chi connectivity index (χ3v) is 7.31. The number of hydrogen-bond donors (Lipinski definition) is 0. The van der Waals surface area contributed by atoms with Crippen LogP contribution in [0, 0.1) is 12.7 Å². The van der Waals surface area contributed by atoms with Crippen molar-refractivity contribution in [1.29, 1.82) is 0 Å². The maximum Gasteiger partial charge on any atom is 0.176 e. The third-order valence-electron chi connectivity index (χ3n) is 7.31. The molecule has 38 heavy (non-hydrogen) atoms. The molecule has 190 valence electrons. The van der Waals surface area contributed by atoms with E-state index >= 15 is 0 Å². The van der Waals surface area contributed by atoms with E-state index in [2.05, 4.69) is 37.6 Å². The van der Waals surface area contributed by atoms with E-state index in [0.717, 1.165) is 59.8 Å². The summed E-state index contributed by atoms with van der Waals surface area (Å²) in [5.41, 5.74) is 6.06. The number of likely N-dealkylation sites (tertiary alicyclic amines) is 1. The largest absolute Gasteiger partial charge is 0.298 e. The fourth-order valence-corrected chi connectivity index (χ4v) is 5.30. The molecule has 1 fully saturated rings. The van der Waals surface area contributed by atoms with Crippen molar-refractivity contribution in [3.63, 3.8) is 0 Å². The van der Waals surface area contributed by atoms with Crippen molar-refractivity contribution in [2.24, 2.45) is 0 Å². The highest BCUT2D eigenvalue weighted by molar-refractivity contribution is 5.97. The van der Waals surface area contributed by atoms with Crippen molar-refractivity contribution < 1.29 is 9.18 Å². The highest BCUT2D eigenvalue weighted by Gasteiger charge is 2.24. The summed E-state index contributed by atoms with van der Waals surface area (Å²) < 4.78 is 15.7. The quantitative estimate of drug-likeness (QED) is 0.266. The van der Waals surface area contributed by atoms with Crippen LogP contribution in [0.3, 0.4) is 0 Å². The number of halogens is 1. The molecule has 1 aliphatic heterocycles. The molecule has 7 heteroatoms. The molecule has 4 heterocycles. The average Bonchev–Trinajstić information content (AvgIpc) is 3.33. The van der Waals surface area contributed by atoms with Gasteiger partial charge in [-0.25, -0.2) is 19.3 Å². The molecule has 0 saturated carbocycles. The number of aryl methyl sites for hydroxylation is 1. The normalized spacial score (nSPS) is 14.7.